The third-order valence-electron chi connectivity index (χ3n) is 4.97. The number of nitrogens with two attached hydrogens (primary N) is 2. The number of benzene rings is 1. The topological polar surface area (TPSA) is 97.2 Å². The molecule has 2 heterocycles. The summed E-state index contributed by atoms with van der Waals surface area (Å²) in [5.41, 5.74) is 9.19. The average molecular weight is 345 g/mol. The van der Waals surface area contributed by atoms with Crippen LogP contribution in [0.25, 0.3) is 0 Å². The predicted octanol–water partition coefficient (Wildman–Crippen LogP) is 0.908. The van der Waals surface area contributed by atoms with Gasteiger partial charge in [-0.1, -0.05) is 0 Å². The molecule has 1 unspecified atom stereocenters. The number of nitrogens with zero attached hydrogens (tertiary/aromatic N) is 3. The molecule has 4 N–H and O–H groups in total. The van der Waals surface area contributed by atoms with E-state index in [-0.39, 0.29) is 12.5 Å². The number of fused-ring (bicyclic) bond motifs is 1. The molecule has 0 saturated carbocycles. The minimum atomic E-state index is -0.478. The smallest absolute Gasteiger partial charge is 0.238 e. The van der Waals surface area contributed by atoms with Gasteiger partial charge in [-0.15, -0.1) is 0 Å². The van der Waals surface area contributed by atoms with Crippen LogP contribution in [0.4, 0.5) is 11.4 Å². The zero-order valence-corrected chi connectivity index (χ0v) is 14.8. The number of methoxy groups -OCH3 is 1. The van der Waals surface area contributed by atoms with E-state index in [1.54, 1.807) is 12.0 Å². The van der Waals surface area contributed by atoms with Gasteiger partial charge in [-0.05, 0) is 44.0 Å². The maximum Gasteiger partial charge on any atom is 0.238 e. The normalized spacial score (nSPS) is 21.9. The van der Waals surface area contributed by atoms with E-state index in [4.69, 9.17) is 16.3 Å². The molecule has 1 amide bonds. The molecule has 1 atom stereocenters. The molecule has 0 aromatic heterocycles. The number of rotatable bonds is 6. The standard InChI is InChI=1S/C18H27N5O2/c1-25-12-15-17(21-20)14-11-13(22-8-2-3-9-22)5-6-16(14)23(18(15)24)10-4-7-19/h5-6,11,15H,2-4,7-10,12,19-20H2,1H3/b21-17-. The first kappa shape index (κ1) is 17.7. The molecule has 7 heteroatoms. The van der Waals surface area contributed by atoms with Crippen molar-refractivity contribution in [1.82, 2.24) is 0 Å². The van der Waals surface area contributed by atoms with E-state index < -0.39 is 5.92 Å². The van der Waals surface area contributed by atoms with Crippen LogP contribution in [-0.4, -0.2) is 51.5 Å². The van der Waals surface area contributed by atoms with Gasteiger partial charge in [0.25, 0.3) is 0 Å². The maximum absolute atomic E-state index is 13.0. The molecule has 1 saturated heterocycles. The van der Waals surface area contributed by atoms with Gasteiger partial charge in [-0.2, -0.15) is 5.10 Å². The quantitative estimate of drug-likeness (QED) is 0.590. The van der Waals surface area contributed by atoms with Crippen molar-refractivity contribution < 1.29 is 9.53 Å². The Morgan fingerprint density at radius 1 is 1.32 bits per heavy atom. The Bertz CT molecular complexity index is 655. The predicted molar refractivity (Wildman–Crippen MR) is 100 cm³/mol. The molecule has 7 nitrogen and oxygen atoms in total. The summed E-state index contributed by atoms with van der Waals surface area (Å²) < 4.78 is 5.26. The summed E-state index contributed by atoms with van der Waals surface area (Å²) in [6.45, 7) is 3.51. The van der Waals surface area contributed by atoms with Crippen molar-refractivity contribution in [2.24, 2.45) is 22.6 Å². The Labute approximate surface area is 148 Å². The highest BCUT2D eigenvalue weighted by molar-refractivity contribution is 6.24. The van der Waals surface area contributed by atoms with E-state index in [0.717, 1.165) is 36.4 Å². The Hall–Kier alpha value is -2.12. The van der Waals surface area contributed by atoms with Crippen molar-refractivity contribution in [3.63, 3.8) is 0 Å². The van der Waals surface area contributed by atoms with Crippen LogP contribution >= 0.6 is 0 Å². The first-order valence-electron chi connectivity index (χ1n) is 8.88. The van der Waals surface area contributed by atoms with E-state index >= 15 is 0 Å². The van der Waals surface area contributed by atoms with Crippen molar-refractivity contribution in [2.45, 2.75) is 19.3 Å². The number of hydrogen-bond donors (Lipinski definition) is 2. The molecule has 1 aromatic carbocycles. The van der Waals surface area contributed by atoms with Gasteiger partial charge in [0.15, 0.2) is 0 Å². The highest BCUT2D eigenvalue weighted by Crippen LogP contribution is 2.35. The first-order chi connectivity index (χ1) is 12.2. The van der Waals surface area contributed by atoms with Gasteiger partial charge >= 0.3 is 0 Å². The summed E-state index contributed by atoms with van der Waals surface area (Å²) in [6, 6.07) is 6.19. The lowest BCUT2D eigenvalue weighted by Gasteiger charge is -2.35. The van der Waals surface area contributed by atoms with Gasteiger partial charge in [0.05, 0.1) is 18.0 Å². The highest BCUT2D eigenvalue weighted by Gasteiger charge is 2.38. The van der Waals surface area contributed by atoms with Crippen molar-refractivity contribution >= 4 is 23.0 Å². The van der Waals surface area contributed by atoms with Gasteiger partial charge in [0, 0.05) is 38.0 Å². The lowest BCUT2D eigenvalue weighted by Crippen LogP contribution is -2.47. The number of amides is 1. The monoisotopic (exact) mass is 345 g/mol. The number of ether oxygens (including phenoxy) is 1. The fraction of sp³-hybridized carbons (Fsp3) is 0.556. The molecule has 0 aliphatic carbocycles. The Morgan fingerprint density at radius 3 is 2.72 bits per heavy atom. The average Bonchev–Trinajstić information content (AvgIpc) is 3.16. The minimum Gasteiger partial charge on any atom is -0.383 e. The molecule has 2 aliphatic heterocycles. The zero-order chi connectivity index (χ0) is 17.8. The SMILES string of the molecule is COCC1C(=O)N(CCCN)c2ccc(N3CCCC3)cc2/C1=N/N. The first-order valence-corrected chi connectivity index (χ1v) is 8.88. The minimum absolute atomic E-state index is 0.0269. The molecule has 0 bridgehead atoms. The van der Waals surface area contributed by atoms with Crippen LogP contribution in [0.2, 0.25) is 0 Å². The number of carbonyl (C=O) groups excluding carboxylic acids is 1. The van der Waals surface area contributed by atoms with E-state index in [1.165, 1.54) is 12.8 Å². The van der Waals surface area contributed by atoms with Gasteiger partial charge in [-0.3, -0.25) is 4.79 Å². The summed E-state index contributed by atoms with van der Waals surface area (Å²) in [5.74, 6) is 5.17. The third kappa shape index (κ3) is 3.34. The molecule has 0 radical (unpaired) electrons. The van der Waals surface area contributed by atoms with E-state index in [0.29, 0.717) is 18.8 Å². The van der Waals surface area contributed by atoms with Crippen LogP contribution < -0.4 is 21.4 Å². The summed E-state index contributed by atoms with van der Waals surface area (Å²) in [6.07, 6.45) is 3.17. The molecule has 136 valence electrons. The van der Waals surface area contributed by atoms with Gasteiger partial charge in [0.2, 0.25) is 5.91 Å². The molecular weight excluding hydrogens is 318 g/mol. The molecule has 0 spiro atoms. The lowest BCUT2D eigenvalue weighted by atomic mass is 9.89. The molecule has 3 rings (SSSR count). The number of carbonyl (C=O) groups is 1. The van der Waals surface area contributed by atoms with Crippen molar-refractivity contribution in [3.05, 3.63) is 23.8 Å². The molecular formula is C18H27N5O2. The van der Waals surface area contributed by atoms with Crippen LogP contribution in [0.3, 0.4) is 0 Å². The van der Waals surface area contributed by atoms with Crippen LogP contribution in [-0.2, 0) is 9.53 Å². The van der Waals surface area contributed by atoms with E-state index in [1.807, 2.05) is 6.07 Å². The summed E-state index contributed by atoms with van der Waals surface area (Å²) >= 11 is 0. The molecule has 2 aliphatic rings. The Morgan fingerprint density at radius 2 is 2.08 bits per heavy atom. The third-order valence-corrected chi connectivity index (χ3v) is 4.97. The van der Waals surface area contributed by atoms with Crippen LogP contribution in [0.15, 0.2) is 23.3 Å². The van der Waals surface area contributed by atoms with Crippen LogP contribution in [0.1, 0.15) is 24.8 Å². The Kier molecular flexibility index (Phi) is 5.55. The molecule has 1 aromatic rings. The molecule has 25 heavy (non-hydrogen) atoms. The fourth-order valence-corrected chi connectivity index (χ4v) is 3.70. The zero-order valence-electron chi connectivity index (χ0n) is 14.8. The summed E-state index contributed by atoms with van der Waals surface area (Å²) in [4.78, 5) is 17.1. The second-order valence-corrected chi connectivity index (χ2v) is 6.55. The van der Waals surface area contributed by atoms with Crippen molar-refractivity contribution in [3.8, 4) is 0 Å². The Balaban J connectivity index is 2.04. The van der Waals surface area contributed by atoms with Gasteiger partial charge < -0.3 is 26.1 Å². The number of hydrogen-bond acceptors (Lipinski definition) is 6. The largest absolute Gasteiger partial charge is 0.383 e. The number of anilines is 2. The van der Waals surface area contributed by atoms with Crippen LogP contribution in [0.5, 0.6) is 0 Å². The molecule has 1 fully saturated rings. The highest BCUT2D eigenvalue weighted by atomic mass is 16.5. The van der Waals surface area contributed by atoms with Crippen LogP contribution in [0, 0.1) is 5.92 Å². The fourth-order valence-electron chi connectivity index (χ4n) is 3.70. The lowest BCUT2D eigenvalue weighted by molar-refractivity contribution is -0.121. The van der Waals surface area contributed by atoms with Gasteiger partial charge in [0.1, 0.15) is 5.92 Å². The van der Waals surface area contributed by atoms with E-state index in [2.05, 4.69) is 22.1 Å². The van der Waals surface area contributed by atoms with Crippen molar-refractivity contribution in [1.29, 1.82) is 0 Å². The summed E-state index contributed by atoms with van der Waals surface area (Å²) in [5, 5.41) is 3.97. The van der Waals surface area contributed by atoms with E-state index in [9.17, 15) is 4.79 Å². The summed E-state index contributed by atoms with van der Waals surface area (Å²) in [7, 11) is 1.59. The second kappa shape index (κ2) is 7.84. The number of hydrazone groups is 1. The van der Waals surface area contributed by atoms with Gasteiger partial charge in [-0.25, -0.2) is 0 Å². The van der Waals surface area contributed by atoms with Crippen molar-refractivity contribution in [2.75, 3.05) is 49.7 Å². The second-order valence-electron chi connectivity index (χ2n) is 6.55. The maximum atomic E-state index is 13.0.